The van der Waals surface area contributed by atoms with E-state index in [0.29, 0.717) is 71.4 Å². The lowest BCUT2D eigenvalue weighted by molar-refractivity contribution is -0.356. The third kappa shape index (κ3) is 5.33. The summed E-state index contributed by atoms with van der Waals surface area (Å²) in [4.78, 5) is 12.7. The number of phenolic OH excluding ortho intramolecular Hbond substituents is 1. The van der Waals surface area contributed by atoms with Crippen LogP contribution in [0.5, 0.6) is 34.5 Å². The van der Waals surface area contributed by atoms with Gasteiger partial charge in [0.1, 0.15) is 41.9 Å². The summed E-state index contributed by atoms with van der Waals surface area (Å²) in [6.45, 7) is 3.80. The molecule has 314 valence electrons. The van der Waals surface area contributed by atoms with E-state index in [9.17, 15) is 30.3 Å². The Labute approximate surface area is 345 Å². The molecule has 8 bridgehead atoms. The van der Waals surface area contributed by atoms with Gasteiger partial charge in [0.2, 0.25) is 11.4 Å². The normalized spacial score (nSPS) is 30.9. The molecule has 1 saturated heterocycles. The molecule has 60 heavy (non-hydrogen) atoms. The molecule has 4 aromatic rings. The highest BCUT2D eigenvalue weighted by Crippen LogP contribution is 2.65. The van der Waals surface area contributed by atoms with E-state index in [1.54, 1.807) is 32.4 Å². The summed E-state index contributed by atoms with van der Waals surface area (Å²) in [5.41, 5.74) is 4.67. The van der Waals surface area contributed by atoms with Gasteiger partial charge in [-0.3, -0.25) is 0 Å². The van der Waals surface area contributed by atoms with Crippen LogP contribution < -0.4 is 39.6 Å². The molecule has 1 fully saturated rings. The summed E-state index contributed by atoms with van der Waals surface area (Å²) in [5.74, 6) is -2.43. The zero-order chi connectivity index (χ0) is 41.8. The van der Waals surface area contributed by atoms with Crippen molar-refractivity contribution in [3.8, 4) is 45.6 Å². The summed E-state index contributed by atoms with van der Waals surface area (Å²) in [6.07, 6.45) is -3.99. The quantitative estimate of drug-likeness (QED) is 0.120. The molecule has 10 atom stereocenters. The van der Waals surface area contributed by atoms with Crippen molar-refractivity contribution in [2.45, 2.75) is 79.7 Å². The molecule has 1 aliphatic carbocycles. The SMILES string of the molecule is CCNC[C@H]1c2cccc(c2)Cc2ccc(O)cc2-c2cc3c(c4c2[C@@H]2Oc5c(OC)c(OC)cc(CNC)c5[C@@H]2[C@@H]1O4)N[C@@H]1C=C[C@]2(C(=O)O)O[C@@]1(O3)[C@H](O)[C@@H](O)[C@@H]2O. The molecule has 0 unspecified atom stereocenters. The Morgan fingerprint density at radius 3 is 2.57 bits per heavy atom. The smallest absolute Gasteiger partial charge is 0.343 e. The summed E-state index contributed by atoms with van der Waals surface area (Å²) in [5, 5.41) is 65.7. The first-order valence-corrected chi connectivity index (χ1v) is 20.2. The third-order valence-electron chi connectivity index (χ3n) is 13.1. The molecule has 0 amide bonds. The first-order chi connectivity index (χ1) is 29.0. The van der Waals surface area contributed by atoms with Crippen LogP contribution >= 0.6 is 0 Å². The van der Waals surface area contributed by atoms with Crippen molar-refractivity contribution in [3.05, 3.63) is 100 Å². The number of aliphatic hydroxyl groups is 3. The molecule has 1 spiro atoms. The molecule has 15 heteroatoms. The standard InChI is InChI=1S/C45H47N3O12/c1-5-47-19-27-21-8-6-7-20(13-21)14-22-9-10-24(49)16-25(22)26-17-28-34(48-30-11-12-44(43(53)54)41(51)35(50)42(52)45(30,59-28)60-44)39-32(26)38-33(36(27)57-39)31-23(18-46-2)15-29(55-3)37(56-4)40(31)58-38/h6-13,15-17,27,30,33,35-36,38,41-42,46-52H,5,14,18-19H2,1-4H3,(H,53,54)/t27-,30+,33+,35-,36+,38-,41-,42+,44-,45+/m0/s1. The van der Waals surface area contributed by atoms with Crippen LogP contribution in [0.4, 0.5) is 5.69 Å². The van der Waals surface area contributed by atoms with E-state index in [4.69, 9.17) is 28.4 Å². The van der Waals surface area contributed by atoms with Crippen LogP contribution in [0.3, 0.4) is 0 Å². The molecular formula is C45H47N3O12. The second-order valence-corrected chi connectivity index (χ2v) is 16.3. The molecule has 15 nitrogen and oxygen atoms in total. The van der Waals surface area contributed by atoms with Gasteiger partial charge >= 0.3 is 5.97 Å². The Morgan fingerprint density at radius 1 is 0.983 bits per heavy atom. The number of aliphatic carboxylic acids is 1. The molecule has 0 radical (unpaired) electrons. The Bertz CT molecular complexity index is 2460. The van der Waals surface area contributed by atoms with E-state index < -0.39 is 59.8 Å². The largest absolute Gasteiger partial charge is 0.508 e. The fourth-order valence-corrected chi connectivity index (χ4v) is 10.3. The minimum atomic E-state index is -2.42. The number of ether oxygens (including phenoxy) is 6. The number of carboxylic acid groups (broad SMARTS) is 1. The minimum Gasteiger partial charge on any atom is -0.508 e. The van der Waals surface area contributed by atoms with Crippen LogP contribution in [0.25, 0.3) is 11.1 Å². The summed E-state index contributed by atoms with van der Waals surface area (Å²) in [7, 11) is 5.05. The van der Waals surface area contributed by atoms with E-state index in [-0.39, 0.29) is 17.4 Å². The van der Waals surface area contributed by atoms with Gasteiger partial charge in [0.05, 0.1) is 20.1 Å². The molecule has 6 heterocycles. The van der Waals surface area contributed by atoms with E-state index in [1.807, 2.05) is 19.2 Å². The van der Waals surface area contributed by atoms with Crippen molar-refractivity contribution in [1.82, 2.24) is 10.6 Å². The van der Waals surface area contributed by atoms with Crippen LogP contribution in [0, 0.1) is 0 Å². The summed E-state index contributed by atoms with van der Waals surface area (Å²) >= 11 is 0. The number of nitrogens with one attached hydrogen (secondary N) is 3. The first-order valence-electron chi connectivity index (χ1n) is 20.2. The van der Waals surface area contributed by atoms with Crippen molar-refractivity contribution < 1.29 is 58.7 Å². The topological polar surface area (TPSA) is 210 Å². The van der Waals surface area contributed by atoms with Gasteiger partial charge in [0.15, 0.2) is 29.1 Å². The van der Waals surface area contributed by atoms with Crippen LogP contribution in [-0.2, 0) is 22.5 Å². The van der Waals surface area contributed by atoms with Gasteiger partial charge in [-0.15, -0.1) is 0 Å². The van der Waals surface area contributed by atoms with Gasteiger partial charge in [-0.25, -0.2) is 4.79 Å². The number of hydrogen-bond donors (Lipinski definition) is 8. The molecular weight excluding hydrogens is 775 g/mol. The van der Waals surface area contributed by atoms with E-state index in [0.717, 1.165) is 27.8 Å². The van der Waals surface area contributed by atoms with E-state index in [2.05, 4.69) is 47.1 Å². The lowest BCUT2D eigenvalue weighted by atomic mass is 9.72. The molecule has 4 aromatic carbocycles. The van der Waals surface area contributed by atoms with E-state index >= 15 is 0 Å². The van der Waals surface area contributed by atoms with Gasteiger partial charge < -0.3 is 69.9 Å². The molecule has 6 aliphatic heterocycles. The number of phenols is 1. The predicted molar refractivity (Wildman–Crippen MR) is 216 cm³/mol. The van der Waals surface area contributed by atoms with E-state index in [1.165, 1.54) is 12.2 Å². The maximum Gasteiger partial charge on any atom is 0.343 e. The zero-order valence-electron chi connectivity index (χ0n) is 33.4. The van der Waals surface area contributed by atoms with Crippen LogP contribution in [-0.4, -0.2) is 108 Å². The van der Waals surface area contributed by atoms with Gasteiger partial charge in [-0.1, -0.05) is 43.3 Å². The lowest BCUT2D eigenvalue weighted by Crippen LogP contribution is -2.79. The van der Waals surface area contributed by atoms with Crippen LogP contribution in [0.15, 0.2) is 66.7 Å². The number of likely N-dealkylation sites (N-methyl/N-ethyl adjacent to an activating group) is 1. The summed E-state index contributed by atoms with van der Waals surface area (Å²) < 4.78 is 39.5. The van der Waals surface area contributed by atoms with Crippen molar-refractivity contribution in [2.24, 2.45) is 0 Å². The fourth-order valence-electron chi connectivity index (χ4n) is 10.3. The van der Waals surface area contributed by atoms with Crippen molar-refractivity contribution in [1.29, 1.82) is 0 Å². The zero-order valence-corrected chi connectivity index (χ0v) is 33.4. The second-order valence-electron chi connectivity index (χ2n) is 16.3. The number of anilines is 1. The highest BCUT2D eigenvalue weighted by molar-refractivity contribution is 5.87. The molecule has 11 rings (SSSR count). The number of hydrogen-bond acceptors (Lipinski definition) is 14. The Hall–Kier alpha value is -5.55. The highest BCUT2D eigenvalue weighted by atomic mass is 16.7. The monoisotopic (exact) mass is 821 g/mol. The second kappa shape index (κ2) is 14.0. The maximum absolute atomic E-state index is 12.7. The minimum absolute atomic E-state index is 0.0146. The van der Waals surface area contributed by atoms with Crippen molar-refractivity contribution in [2.75, 3.05) is 39.7 Å². The lowest BCUT2D eigenvalue weighted by Gasteiger charge is -2.57. The van der Waals surface area contributed by atoms with Crippen LogP contribution in [0.1, 0.15) is 58.2 Å². The van der Waals surface area contributed by atoms with Gasteiger partial charge in [-0.05, 0) is 83.7 Å². The Morgan fingerprint density at radius 2 is 1.82 bits per heavy atom. The number of aromatic hydroxyl groups is 1. The molecule has 7 aliphatic rings. The van der Waals surface area contributed by atoms with Gasteiger partial charge in [-0.2, -0.15) is 0 Å². The van der Waals surface area contributed by atoms with Crippen molar-refractivity contribution >= 4 is 11.7 Å². The first kappa shape index (κ1) is 38.6. The highest BCUT2D eigenvalue weighted by Gasteiger charge is 2.70. The maximum atomic E-state index is 12.7. The average Bonchev–Trinajstić information content (AvgIpc) is 3.65. The number of rotatable bonds is 8. The molecule has 0 saturated carbocycles. The molecule has 0 aromatic heterocycles. The van der Waals surface area contributed by atoms with Gasteiger partial charge in [0, 0.05) is 30.1 Å². The number of carbonyl (C=O) groups is 1. The summed E-state index contributed by atoms with van der Waals surface area (Å²) in [6, 6.07) is 16.3. The number of benzene rings is 4. The third-order valence-corrected chi connectivity index (χ3v) is 13.1. The predicted octanol–water partition coefficient (Wildman–Crippen LogP) is 3.45. The van der Waals surface area contributed by atoms with Crippen LogP contribution in [0.2, 0.25) is 0 Å². The number of methoxy groups -OCH3 is 2. The van der Waals surface area contributed by atoms with Crippen molar-refractivity contribution in [3.63, 3.8) is 0 Å². The number of aliphatic hydroxyl groups excluding tert-OH is 3. The number of fused-ring (bicyclic) bond motifs is 3. The number of carboxylic acids is 1. The Kier molecular flexibility index (Phi) is 9.02. The fraction of sp³-hybridized carbons (Fsp3) is 0.400. The van der Waals surface area contributed by atoms with Gasteiger partial charge in [0.25, 0.3) is 5.79 Å². The average molecular weight is 822 g/mol. The Balaban J connectivity index is 1.28. The molecule has 8 N–H and O–H groups in total.